The zero-order valence-electron chi connectivity index (χ0n) is 13.7. The second-order valence-electron chi connectivity index (χ2n) is 5.98. The van der Waals surface area contributed by atoms with E-state index in [0.717, 1.165) is 55.0 Å². The van der Waals surface area contributed by atoms with Gasteiger partial charge in [-0.25, -0.2) is 17.2 Å². The lowest BCUT2D eigenvalue weighted by Crippen LogP contribution is -2.36. The van der Waals surface area contributed by atoms with Crippen molar-refractivity contribution >= 4 is 21.6 Å². The van der Waals surface area contributed by atoms with Crippen molar-refractivity contribution in [3.05, 3.63) is 29.8 Å². The molecule has 0 atom stereocenters. The highest BCUT2D eigenvalue weighted by Gasteiger charge is 2.21. The molecule has 0 radical (unpaired) electrons. The SMILES string of the molecule is CS(=O)(=O)N(CCCC(=O)N1CCCCC1)c1ccc(F)c(F)c1. The van der Waals surface area contributed by atoms with Gasteiger partial charge in [-0.15, -0.1) is 0 Å². The third-order valence-electron chi connectivity index (χ3n) is 4.05. The number of nitrogens with zero attached hydrogens (tertiary/aromatic N) is 2. The number of sulfonamides is 1. The van der Waals surface area contributed by atoms with Crippen LogP contribution >= 0.6 is 0 Å². The predicted molar refractivity (Wildman–Crippen MR) is 88.2 cm³/mol. The van der Waals surface area contributed by atoms with Crippen LogP contribution in [-0.4, -0.2) is 45.1 Å². The Kier molecular flexibility index (Phi) is 6.15. The van der Waals surface area contributed by atoms with Crippen LogP contribution in [-0.2, 0) is 14.8 Å². The predicted octanol–water partition coefficient (Wildman–Crippen LogP) is 2.52. The number of carbonyl (C=O) groups excluding carboxylic acids is 1. The standard InChI is InChI=1S/C16H22F2N2O3S/c1-24(22,23)20(13-7-8-14(17)15(18)12-13)11-5-6-16(21)19-9-3-2-4-10-19/h7-8,12H,2-6,9-11H2,1H3. The molecule has 0 aromatic heterocycles. The van der Waals surface area contributed by atoms with Crippen LogP contribution in [0.1, 0.15) is 32.1 Å². The van der Waals surface area contributed by atoms with E-state index in [1.807, 2.05) is 0 Å². The molecule has 24 heavy (non-hydrogen) atoms. The maximum atomic E-state index is 13.4. The van der Waals surface area contributed by atoms with E-state index < -0.39 is 21.7 Å². The summed E-state index contributed by atoms with van der Waals surface area (Å²) in [6.07, 6.45) is 4.67. The van der Waals surface area contributed by atoms with Crippen LogP contribution in [0.4, 0.5) is 14.5 Å². The van der Waals surface area contributed by atoms with Gasteiger partial charge in [-0.1, -0.05) is 0 Å². The Morgan fingerprint density at radius 2 is 1.83 bits per heavy atom. The average Bonchev–Trinajstić information content (AvgIpc) is 2.54. The van der Waals surface area contributed by atoms with Crippen LogP contribution in [0.3, 0.4) is 0 Å². The molecule has 5 nitrogen and oxygen atoms in total. The topological polar surface area (TPSA) is 57.7 Å². The number of benzene rings is 1. The fraction of sp³-hybridized carbons (Fsp3) is 0.562. The van der Waals surface area contributed by atoms with Crippen LogP contribution in [0, 0.1) is 11.6 Å². The summed E-state index contributed by atoms with van der Waals surface area (Å²) in [5.74, 6) is -2.13. The van der Waals surface area contributed by atoms with E-state index in [4.69, 9.17) is 0 Å². The number of rotatable bonds is 6. The molecular weight excluding hydrogens is 338 g/mol. The second kappa shape index (κ2) is 7.92. The molecule has 1 saturated heterocycles. The maximum Gasteiger partial charge on any atom is 0.232 e. The minimum absolute atomic E-state index is 0.00781. The van der Waals surface area contributed by atoms with Crippen molar-refractivity contribution in [3.8, 4) is 0 Å². The van der Waals surface area contributed by atoms with Crippen molar-refractivity contribution in [3.63, 3.8) is 0 Å². The first-order valence-electron chi connectivity index (χ1n) is 7.99. The molecule has 1 heterocycles. The zero-order valence-corrected chi connectivity index (χ0v) is 14.5. The van der Waals surface area contributed by atoms with Crippen LogP contribution in [0.25, 0.3) is 0 Å². The van der Waals surface area contributed by atoms with Crippen molar-refractivity contribution in [1.82, 2.24) is 4.90 Å². The molecule has 0 aliphatic carbocycles. The summed E-state index contributed by atoms with van der Waals surface area (Å²) < 4.78 is 51.2. The molecule has 8 heteroatoms. The summed E-state index contributed by atoms with van der Waals surface area (Å²) >= 11 is 0. The van der Waals surface area contributed by atoms with Gasteiger partial charge in [0, 0.05) is 32.1 Å². The number of carbonyl (C=O) groups is 1. The Morgan fingerprint density at radius 1 is 1.17 bits per heavy atom. The summed E-state index contributed by atoms with van der Waals surface area (Å²) in [6.45, 7) is 1.54. The lowest BCUT2D eigenvalue weighted by atomic mass is 10.1. The molecule has 0 N–H and O–H groups in total. The molecule has 0 unspecified atom stereocenters. The summed E-state index contributed by atoms with van der Waals surface area (Å²) in [4.78, 5) is 13.9. The van der Waals surface area contributed by atoms with Crippen molar-refractivity contribution in [2.24, 2.45) is 0 Å². The number of anilines is 1. The highest BCUT2D eigenvalue weighted by atomic mass is 32.2. The van der Waals surface area contributed by atoms with Crippen LogP contribution in [0.2, 0.25) is 0 Å². The van der Waals surface area contributed by atoms with Gasteiger partial charge in [-0.3, -0.25) is 9.10 Å². The van der Waals surface area contributed by atoms with E-state index in [1.54, 1.807) is 4.90 Å². The molecular formula is C16H22F2N2O3S. The summed E-state index contributed by atoms with van der Waals surface area (Å²) in [5, 5.41) is 0. The van der Waals surface area contributed by atoms with Crippen molar-refractivity contribution in [2.75, 3.05) is 30.2 Å². The number of amides is 1. The summed E-state index contributed by atoms with van der Waals surface area (Å²) in [5.41, 5.74) is 0.0572. The molecule has 1 aliphatic heterocycles. The molecule has 1 fully saturated rings. The molecule has 1 aliphatic rings. The number of likely N-dealkylation sites (tertiary alicyclic amines) is 1. The van der Waals surface area contributed by atoms with E-state index in [1.165, 1.54) is 6.07 Å². The Balaban J connectivity index is 1.99. The van der Waals surface area contributed by atoms with Gasteiger partial charge in [0.2, 0.25) is 15.9 Å². The number of piperidine rings is 1. The molecule has 1 amide bonds. The van der Waals surface area contributed by atoms with Gasteiger partial charge in [-0.05, 0) is 37.8 Å². The van der Waals surface area contributed by atoms with E-state index in [9.17, 15) is 22.0 Å². The number of halogens is 2. The molecule has 0 spiro atoms. The molecule has 1 aromatic carbocycles. The number of hydrogen-bond acceptors (Lipinski definition) is 3. The van der Waals surface area contributed by atoms with Gasteiger partial charge >= 0.3 is 0 Å². The van der Waals surface area contributed by atoms with Gasteiger partial charge in [0.1, 0.15) is 0 Å². The Labute approximate surface area is 141 Å². The fourth-order valence-electron chi connectivity index (χ4n) is 2.80. The van der Waals surface area contributed by atoms with Crippen molar-refractivity contribution < 1.29 is 22.0 Å². The summed E-state index contributed by atoms with van der Waals surface area (Å²) in [7, 11) is -3.65. The van der Waals surface area contributed by atoms with Gasteiger partial charge in [-0.2, -0.15) is 0 Å². The first-order chi connectivity index (χ1) is 11.3. The van der Waals surface area contributed by atoms with Gasteiger partial charge in [0.25, 0.3) is 0 Å². The summed E-state index contributed by atoms with van der Waals surface area (Å²) in [6, 6.07) is 2.95. The van der Waals surface area contributed by atoms with Crippen LogP contribution in [0.15, 0.2) is 18.2 Å². The minimum Gasteiger partial charge on any atom is -0.343 e. The highest BCUT2D eigenvalue weighted by molar-refractivity contribution is 7.92. The first kappa shape index (κ1) is 18.6. The fourth-order valence-corrected chi connectivity index (χ4v) is 3.76. The van der Waals surface area contributed by atoms with Gasteiger partial charge < -0.3 is 4.90 Å². The van der Waals surface area contributed by atoms with E-state index in [-0.39, 0.29) is 24.6 Å². The molecule has 134 valence electrons. The number of hydrogen-bond donors (Lipinski definition) is 0. The largest absolute Gasteiger partial charge is 0.343 e. The normalized spacial score (nSPS) is 15.4. The van der Waals surface area contributed by atoms with Crippen LogP contribution < -0.4 is 4.31 Å². The Morgan fingerprint density at radius 3 is 2.42 bits per heavy atom. The van der Waals surface area contributed by atoms with Crippen molar-refractivity contribution in [2.45, 2.75) is 32.1 Å². The molecule has 1 aromatic rings. The highest BCUT2D eigenvalue weighted by Crippen LogP contribution is 2.21. The first-order valence-corrected chi connectivity index (χ1v) is 9.84. The lowest BCUT2D eigenvalue weighted by molar-refractivity contribution is -0.132. The molecule has 2 rings (SSSR count). The monoisotopic (exact) mass is 360 g/mol. The van der Waals surface area contributed by atoms with Crippen LogP contribution in [0.5, 0.6) is 0 Å². The average molecular weight is 360 g/mol. The van der Waals surface area contributed by atoms with Gasteiger partial charge in [0.15, 0.2) is 11.6 Å². The van der Waals surface area contributed by atoms with E-state index in [2.05, 4.69) is 0 Å². The Hall–Kier alpha value is -1.70. The van der Waals surface area contributed by atoms with Crippen molar-refractivity contribution in [1.29, 1.82) is 0 Å². The third kappa shape index (κ3) is 4.90. The quantitative estimate of drug-likeness (QED) is 0.783. The molecule has 0 saturated carbocycles. The third-order valence-corrected chi connectivity index (χ3v) is 5.25. The van der Waals surface area contributed by atoms with Gasteiger partial charge in [0.05, 0.1) is 11.9 Å². The minimum atomic E-state index is -3.65. The lowest BCUT2D eigenvalue weighted by Gasteiger charge is -2.27. The maximum absolute atomic E-state index is 13.4. The smallest absolute Gasteiger partial charge is 0.232 e. The zero-order chi connectivity index (χ0) is 17.7. The Bertz CT molecular complexity index is 689. The van der Waals surface area contributed by atoms with E-state index in [0.29, 0.717) is 6.42 Å². The van der Waals surface area contributed by atoms with E-state index >= 15 is 0 Å². The molecule has 0 bridgehead atoms. The second-order valence-corrected chi connectivity index (χ2v) is 7.89.